The Balaban J connectivity index is 2.16. The molecule has 1 aliphatic heterocycles. The zero-order valence-corrected chi connectivity index (χ0v) is 15.9. The highest BCUT2D eigenvalue weighted by molar-refractivity contribution is 7.91. The van der Waals surface area contributed by atoms with Crippen LogP contribution in [0.1, 0.15) is 31.4 Å². The summed E-state index contributed by atoms with van der Waals surface area (Å²) in [6.45, 7) is 9.11. The van der Waals surface area contributed by atoms with Crippen LogP contribution in [-0.2, 0) is 9.84 Å². The molecule has 0 aromatic heterocycles. The molecule has 0 unspecified atom stereocenters. The number of nitrogens with one attached hydrogen (secondary N) is 1. The summed E-state index contributed by atoms with van der Waals surface area (Å²) in [5, 5.41) is 3.91. The van der Waals surface area contributed by atoms with Crippen molar-refractivity contribution >= 4 is 32.9 Å². The first kappa shape index (κ1) is 18.2. The van der Waals surface area contributed by atoms with Crippen LogP contribution in [0.4, 0.5) is 5.69 Å². The molecule has 0 saturated carbocycles. The maximum Gasteiger partial charge on any atom is 0.173 e. The van der Waals surface area contributed by atoms with Crippen LogP contribution < -0.4 is 5.32 Å². The Morgan fingerprint density at radius 3 is 2.39 bits per heavy atom. The number of hydrogen-bond acceptors (Lipinski definition) is 3. The molecular formula is C17H26N2O2S2. The minimum atomic E-state index is -2.93. The van der Waals surface area contributed by atoms with E-state index in [0.29, 0.717) is 17.5 Å². The second-order valence-electron chi connectivity index (χ2n) is 6.91. The normalized spacial score (nSPS) is 19.8. The minimum Gasteiger partial charge on any atom is -0.345 e. The molecule has 1 fully saturated rings. The summed E-state index contributed by atoms with van der Waals surface area (Å²) in [6, 6.07) is 6.20. The van der Waals surface area contributed by atoms with E-state index in [4.69, 9.17) is 12.2 Å². The molecule has 1 saturated heterocycles. The van der Waals surface area contributed by atoms with Crippen LogP contribution in [0.3, 0.4) is 0 Å². The second-order valence-corrected chi connectivity index (χ2v) is 9.53. The van der Waals surface area contributed by atoms with E-state index >= 15 is 0 Å². The van der Waals surface area contributed by atoms with Crippen molar-refractivity contribution in [2.45, 2.75) is 40.2 Å². The van der Waals surface area contributed by atoms with Gasteiger partial charge in [0.25, 0.3) is 0 Å². The van der Waals surface area contributed by atoms with E-state index in [-0.39, 0.29) is 17.5 Å². The molecule has 2 rings (SSSR count). The van der Waals surface area contributed by atoms with Gasteiger partial charge in [0, 0.05) is 18.3 Å². The van der Waals surface area contributed by atoms with E-state index in [1.807, 2.05) is 0 Å². The lowest BCUT2D eigenvalue weighted by Gasteiger charge is -2.32. The van der Waals surface area contributed by atoms with E-state index in [1.54, 1.807) is 0 Å². The van der Waals surface area contributed by atoms with Gasteiger partial charge in [0.05, 0.1) is 11.5 Å². The van der Waals surface area contributed by atoms with E-state index in [0.717, 1.165) is 12.2 Å². The maximum atomic E-state index is 11.8. The third-order valence-corrected chi connectivity index (χ3v) is 6.03. The number of aryl methyl sites for hydroxylation is 2. The van der Waals surface area contributed by atoms with Crippen molar-refractivity contribution < 1.29 is 8.42 Å². The lowest BCUT2D eigenvalue weighted by atomic mass is 10.1. The van der Waals surface area contributed by atoms with Crippen molar-refractivity contribution in [2.75, 3.05) is 23.4 Å². The van der Waals surface area contributed by atoms with Crippen LogP contribution in [0, 0.1) is 19.8 Å². The molecule has 4 nitrogen and oxygen atoms in total. The van der Waals surface area contributed by atoms with E-state index < -0.39 is 9.84 Å². The molecule has 1 atom stereocenters. The van der Waals surface area contributed by atoms with Gasteiger partial charge < -0.3 is 10.2 Å². The highest BCUT2D eigenvalue weighted by atomic mass is 32.2. The largest absolute Gasteiger partial charge is 0.345 e. The van der Waals surface area contributed by atoms with E-state index in [1.165, 1.54) is 11.1 Å². The van der Waals surface area contributed by atoms with Gasteiger partial charge in [-0.25, -0.2) is 8.42 Å². The third kappa shape index (κ3) is 5.18. The predicted octanol–water partition coefficient (Wildman–Crippen LogP) is 3.15. The predicted molar refractivity (Wildman–Crippen MR) is 101 cm³/mol. The number of thiocarbonyl (C=S) groups is 1. The van der Waals surface area contributed by atoms with Crippen molar-refractivity contribution in [3.8, 4) is 0 Å². The fourth-order valence-electron chi connectivity index (χ4n) is 3.05. The zero-order valence-electron chi connectivity index (χ0n) is 14.3. The molecule has 128 valence electrons. The van der Waals surface area contributed by atoms with Crippen LogP contribution in [0.25, 0.3) is 0 Å². The van der Waals surface area contributed by atoms with Gasteiger partial charge in [-0.15, -0.1) is 0 Å². The quantitative estimate of drug-likeness (QED) is 0.842. The highest BCUT2D eigenvalue weighted by Crippen LogP contribution is 2.21. The van der Waals surface area contributed by atoms with Gasteiger partial charge in [-0.05, 0) is 61.7 Å². The van der Waals surface area contributed by atoms with Crippen molar-refractivity contribution in [3.05, 3.63) is 29.3 Å². The fraction of sp³-hybridized carbons (Fsp3) is 0.588. The van der Waals surface area contributed by atoms with Gasteiger partial charge in [-0.3, -0.25) is 0 Å². The Morgan fingerprint density at radius 2 is 1.91 bits per heavy atom. The van der Waals surface area contributed by atoms with Gasteiger partial charge in [-0.2, -0.15) is 0 Å². The molecule has 1 aliphatic rings. The van der Waals surface area contributed by atoms with Crippen molar-refractivity contribution in [2.24, 2.45) is 5.92 Å². The van der Waals surface area contributed by atoms with Crippen LogP contribution in [0.15, 0.2) is 18.2 Å². The zero-order chi connectivity index (χ0) is 17.2. The number of sulfone groups is 1. The Hall–Kier alpha value is -1.14. The van der Waals surface area contributed by atoms with Gasteiger partial charge in [0.2, 0.25) is 0 Å². The molecule has 1 aromatic carbocycles. The van der Waals surface area contributed by atoms with Crippen LogP contribution in [-0.4, -0.2) is 42.5 Å². The third-order valence-electron chi connectivity index (χ3n) is 3.94. The summed E-state index contributed by atoms with van der Waals surface area (Å²) in [5.41, 5.74) is 3.31. The van der Waals surface area contributed by atoms with Crippen LogP contribution in [0.2, 0.25) is 0 Å². The molecule has 1 heterocycles. The molecule has 6 heteroatoms. The first-order valence-electron chi connectivity index (χ1n) is 8.02. The summed E-state index contributed by atoms with van der Waals surface area (Å²) in [7, 11) is -2.93. The van der Waals surface area contributed by atoms with E-state index in [2.05, 4.69) is 56.1 Å². The van der Waals surface area contributed by atoms with Gasteiger partial charge in [-0.1, -0.05) is 19.9 Å². The minimum absolute atomic E-state index is 0.0201. The molecule has 0 spiro atoms. The summed E-state index contributed by atoms with van der Waals surface area (Å²) in [4.78, 5) is 2.06. The first-order valence-corrected chi connectivity index (χ1v) is 10.3. The average molecular weight is 355 g/mol. The van der Waals surface area contributed by atoms with E-state index in [9.17, 15) is 8.42 Å². The van der Waals surface area contributed by atoms with Gasteiger partial charge in [0.1, 0.15) is 0 Å². The SMILES string of the molecule is Cc1cc(C)cc(NC(=S)N(CC(C)C)[C@@H]2CCS(=O)(=O)C2)c1. The maximum absolute atomic E-state index is 11.8. The number of benzene rings is 1. The van der Waals surface area contributed by atoms with Crippen LogP contribution in [0.5, 0.6) is 0 Å². The molecule has 1 N–H and O–H groups in total. The van der Waals surface area contributed by atoms with Crippen molar-refractivity contribution in [1.29, 1.82) is 0 Å². The summed E-state index contributed by atoms with van der Waals surface area (Å²) < 4.78 is 23.6. The molecule has 0 amide bonds. The number of nitrogens with zero attached hydrogens (tertiary/aromatic N) is 1. The molecule has 23 heavy (non-hydrogen) atoms. The molecule has 1 aromatic rings. The number of rotatable bonds is 4. The Kier molecular flexibility index (Phi) is 5.68. The lowest BCUT2D eigenvalue weighted by molar-refractivity contribution is 0.303. The lowest BCUT2D eigenvalue weighted by Crippen LogP contribution is -2.45. The van der Waals surface area contributed by atoms with Gasteiger partial charge >= 0.3 is 0 Å². The monoisotopic (exact) mass is 354 g/mol. The number of anilines is 1. The first-order chi connectivity index (χ1) is 10.7. The second kappa shape index (κ2) is 7.18. The molecule has 0 radical (unpaired) electrons. The summed E-state index contributed by atoms with van der Waals surface area (Å²) >= 11 is 5.59. The highest BCUT2D eigenvalue weighted by Gasteiger charge is 2.33. The molecule has 0 bridgehead atoms. The average Bonchev–Trinajstić information content (AvgIpc) is 2.74. The Bertz CT molecular complexity index is 664. The fourth-order valence-corrected chi connectivity index (χ4v) is 5.13. The summed E-state index contributed by atoms with van der Waals surface area (Å²) in [5.74, 6) is 0.879. The molecule has 0 aliphatic carbocycles. The van der Waals surface area contributed by atoms with Crippen LogP contribution >= 0.6 is 12.2 Å². The van der Waals surface area contributed by atoms with Crippen molar-refractivity contribution in [1.82, 2.24) is 4.90 Å². The smallest absolute Gasteiger partial charge is 0.173 e. The number of hydrogen-bond donors (Lipinski definition) is 1. The van der Waals surface area contributed by atoms with Crippen molar-refractivity contribution in [3.63, 3.8) is 0 Å². The Morgan fingerprint density at radius 1 is 1.30 bits per heavy atom. The molecular weight excluding hydrogens is 328 g/mol. The summed E-state index contributed by atoms with van der Waals surface area (Å²) in [6.07, 6.45) is 0.656. The Labute approximate surface area is 145 Å². The standard InChI is InChI=1S/C17H26N2O2S2/c1-12(2)10-19(16-5-6-23(20,21)11-16)17(22)18-15-8-13(3)7-14(4)9-15/h7-9,12,16H,5-6,10-11H2,1-4H3,(H,18,22)/t16-/m1/s1. The topological polar surface area (TPSA) is 49.4 Å². The van der Waals surface area contributed by atoms with Gasteiger partial charge in [0.15, 0.2) is 14.9 Å².